The maximum atomic E-state index is 2.62. The van der Waals surface area contributed by atoms with Gasteiger partial charge in [0.25, 0.3) is 0 Å². The largest absolute Gasteiger partial charge is 0.310 e. The molecule has 0 N–H and O–H groups in total. The minimum atomic E-state index is 0.0846. The van der Waals surface area contributed by atoms with Gasteiger partial charge in [-0.3, -0.25) is 0 Å². The molecule has 0 saturated heterocycles. The molecule has 0 fully saturated rings. The third-order valence-corrected chi connectivity index (χ3v) is 20.1. The second-order valence-corrected chi connectivity index (χ2v) is 29.8. The highest BCUT2D eigenvalue weighted by molar-refractivity contribution is 5.87. The summed E-state index contributed by atoms with van der Waals surface area (Å²) in [6.07, 6.45) is 11.7. The smallest absolute Gasteiger partial charge is 0.0464 e. The Labute approximate surface area is 578 Å². The first-order valence-electron chi connectivity index (χ1n) is 35.8. The van der Waals surface area contributed by atoms with Gasteiger partial charge in [-0.1, -0.05) is 251 Å². The molecule has 11 rings (SSSR count). The fourth-order valence-electron chi connectivity index (χ4n) is 14.5. The van der Waals surface area contributed by atoms with Crippen LogP contribution >= 0.6 is 0 Å². The Kier molecular flexibility index (Phi) is 21.1. The molecule has 0 atom stereocenters. The number of benzene rings is 11. The Morgan fingerprint density at radius 2 is 0.521 bits per heavy atom. The molecule has 0 saturated carbocycles. The maximum absolute atomic E-state index is 2.62. The fraction of sp³-hybridized carbons (Fsp3) is 0.298. The first kappa shape index (κ1) is 68.4. The van der Waals surface area contributed by atoms with Gasteiger partial charge in [0, 0.05) is 34.1 Å². The molecular weight excluding hydrogens is 1160 g/mol. The highest BCUT2D eigenvalue weighted by atomic mass is 15.1. The van der Waals surface area contributed by atoms with Crippen LogP contribution < -0.4 is 9.80 Å². The van der Waals surface area contributed by atoms with Gasteiger partial charge in [-0.15, -0.1) is 0 Å². The number of nitrogens with zero attached hydrogens (tertiary/aromatic N) is 2. The second kappa shape index (κ2) is 29.6. The van der Waals surface area contributed by atoms with E-state index in [1.54, 1.807) is 0 Å². The van der Waals surface area contributed by atoms with Crippen LogP contribution in [0, 0.1) is 55.4 Å². The van der Waals surface area contributed by atoms with Gasteiger partial charge in [-0.2, -0.15) is 0 Å². The van der Waals surface area contributed by atoms with Gasteiger partial charge in [-0.25, -0.2) is 0 Å². The van der Waals surface area contributed by atoms with Gasteiger partial charge in [0.1, 0.15) is 0 Å². The van der Waals surface area contributed by atoms with Crippen LogP contribution in [0.15, 0.2) is 218 Å². The predicted octanol–water partition coefficient (Wildman–Crippen LogP) is 27.9. The van der Waals surface area contributed by atoms with E-state index < -0.39 is 0 Å². The Hall–Kier alpha value is -8.98. The van der Waals surface area contributed by atoms with E-state index in [2.05, 4.69) is 339 Å². The zero-order valence-electron chi connectivity index (χ0n) is 60.8. The molecule has 490 valence electrons. The Balaban J connectivity index is 0.994. The average molecular weight is 1260 g/mol. The summed E-state index contributed by atoms with van der Waals surface area (Å²) in [6.45, 7) is 36.6. The fourth-order valence-corrected chi connectivity index (χ4v) is 14.5. The van der Waals surface area contributed by atoms with Crippen LogP contribution in [-0.4, -0.2) is 0 Å². The Morgan fingerprint density at radius 3 is 0.792 bits per heavy atom. The third kappa shape index (κ3) is 15.5. The zero-order valence-corrected chi connectivity index (χ0v) is 60.8. The van der Waals surface area contributed by atoms with E-state index in [-0.39, 0.29) is 10.8 Å². The highest BCUT2D eigenvalue weighted by Crippen LogP contribution is 2.45. The van der Waals surface area contributed by atoms with Crippen molar-refractivity contribution in [3.05, 3.63) is 285 Å². The van der Waals surface area contributed by atoms with Gasteiger partial charge in [-0.05, 0) is 287 Å². The average Bonchev–Trinajstić information content (AvgIpc) is 0.580. The summed E-state index contributed by atoms with van der Waals surface area (Å²) < 4.78 is 0. The number of hydrogen-bond acceptors (Lipinski definition) is 2. The van der Waals surface area contributed by atoms with Gasteiger partial charge >= 0.3 is 0 Å². The van der Waals surface area contributed by atoms with Crippen molar-refractivity contribution in [2.24, 2.45) is 0 Å². The van der Waals surface area contributed by atoms with Crippen molar-refractivity contribution in [2.75, 3.05) is 9.80 Å². The number of hydrogen-bond donors (Lipinski definition) is 0. The molecule has 0 bridgehead atoms. The molecule has 0 radical (unpaired) electrons. The summed E-state index contributed by atoms with van der Waals surface area (Å²) in [5.74, 6) is 0. The molecule has 11 aromatic rings. The molecule has 0 unspecified atom stereocenters. The number of unbranched alkanes of at least 4 members (excludes halogenated alkanes) is 6. The van der Waals surface area contributed by atoms with Gasteiger partial charge < -0.3 is 9.80 Å². The number of rotatable bonds is 22. The first-order valence-corrected chi connectivity index (χ1v) is 35.8. The van der Waals surface area contributed by atoms with Crippen molar-refractivity contribution in [3.63, 3.8) is 0 Å². The number of anilines is 6. The van der Waals surface area contributed by atoms with Crippen LogP contribution in [0.4, 0.5) is 34.1 Å². The van der Waals surface area contributed by atoms with Crippen molar-refractivity contribution in [3.8, 4) is 66.8 Å². The lowest BCUT2D eigenvalue weighted by molar-refractivity contribution is 0.589. The number of aryl methyl sites for hydroxylation is 10. The Morgan fingerprint density at radius 1 is 0.250 bits per heavy atom. The van der Waals surface area contributed by atoms with Gasteiger partial charge in [0.2, 0.25) is 0 Å². The molecule has 0 heterocycles. The second-order valence-electron chi connectivity index (χ2n) is 29.8. The van der Waals surface area contributed by atoms with Crippen molar-refractivity contribution in [1.29, 1.82) is 0 Å². The third-order valence-electron chi connectivity index (χ3n) is 20.1. The molecular formula is C94H104N2. The lowest BCUT2D eigenvalue weighted by Gasteiger charge is -2.28. The van der Waals surface area contributed by atoms with E-state index in [1.807, 2.05) is 0 Å². The topological polar surface area (TPSA) is 6.48 Å². The van der Waals surface area contributed by atoms with Gasteiger partial charge in [0.15, 0.2) is 0 Å². The summed E-state index contributed by atoms with van der Waals surface area (Å²) in [6, 6.07) is 84.0. The monoisotopic (exact) mass is 1260 g/mol. The van der Waals surface area contributed by atoms with E-state index >= 15 is 0 Å². The quantitative estimate of drug-likeness (QED) is 0.0624. The van der Waals surface area contributed by atoms with Crippen LogP contribution in [0.3, 0.4) is 0 Å². The van der Waals surface area contributed by atoms with Crippen LogP contribution in [0.5, 0.6) is 0 Å². The molecule has 0 spiro atoms. The van der Waals surface area contributed by atoms with Gasteiger partial charge in [0.05, 0.1) is 0 Å². The minimum absolute atomic E-state index is 0.0846. The molecule has 0 aromatic heterocycles. The summed E-state index contributed by atoms with van der Waals surface area (Å²) in [4.78, 5) is 4.90. The molecule has 0 amide bonds. The van der Waals surface area contributed by atoms with E-state index in [4.69, 9.17) is 0 Å². The van der Waals surface area contributed by atoms with Crippen molar-refractivity contribution in [1.82, 2.24) is 0 Å². The molecule has 0 aliphatic rings. The van der Waals surface area contributed by atoms with E-state index in [1.165, 1.54) is 172 Å². The normalized spacial score (nSPS) is 11.8. The summed E-state index contributed by atoms with van der Waals surface area (Å²) >= 11 is 0. The van der Waals surface area contributed by atoms with Crippen LogP contribution in [-0.2, 0) is 23.7 Å². The van der Waals surface area contributed by atoms with Crippen molar-refractivity contribution in [2.45, 2.75) is 186 Å². The maximum Gasteiger partial charge on any atom is 0.0464 e. The highest BCUT2D eigenvalue weighted by Gasteiger charge is 2.24. The van der Waals surface area contributed by atoms with E-state index in [0.717, 1.165) is 59.8 Å². The lowest BCUT2D eigenvalue weighted by atomic mass is 9.82. The van der Waals surface area contributed by atoms with Crippen LogP contribution in [0.25, 0.3) is 66.8 Å². The summed E-state index contributed by atoms with van der Waals surface area (Å²) in [5, 5.41) is 0. The van der Waals surface area contributed by atoms with Crippen LogP contribution in [0.1, 0.15) is 174 Å². The predicted molar refractivity (Wildman–Crippen MR) is 419 cm³/mol. The summed E-state index contributed by atoms with van der Waals surface area (Å²) in [5.41, 5.74) is 38.4. The van der Waals surface area contributed by atoms with Crippen LogP contribution in [0.2, 0.25) is 0 Å². The first-order chi connectivity index (χ1) is 46.1. The standard InChI is InChI=1S/C94H104N2/c1-17-19-21-23-25-77-61-90(88-54-52-86(60-66(88)6)96(82-45-37-74(38-46-82)72-33-29-64(4)30-34-72)84-49-41-76(42-50-84)92-69(9)57-80(58-70(92)10)94(14,15)16)78(26-24-22-20-18-2)62-89(77)87-53-51-85(59-65(87)5)95(81-43-35-73(36-44-81)71-31-27-63(3)28-32-71)83-47-39-75(40-48-83)91-67(7)55-79(56-68(91)8)93(11,12)13/h27-62H,17-26H2,1-16H3. The zero-order chi connectivity index (χ0) is 68.0. The molecule has 2 nitrogen and oxygen atoms in total. The van der Waals surface area contributed by atoms with E-state index in [9.17, 15) is 0 Å². The Bertz CT molecular complexity index is 4130. The SMILES string of the molecule is CCCCCCc1cc(-c2ccc(N(c3ccc(-c4ccc(C)cc4)cc3)c3ccc(-c4c(C)cc(C(C)(C)C)cc4C)cc3)cc2C)c(CCCCCC)cc1-c1ccc(N(c2ccc(-c3ccc(C)cc3)cc2)c2ccc(-c3c(C)cc(C(C)(C)C)cc3C)cc2)cc1C. The molecule has 0 aliphatic heterocycles. The minimum Gasteiger partial charge on any atom is -0.310 e. The molecule has 11 aromatic carbocycles. The van der Waals surface area contributed by atoms with E-state index in [0.29, 0.717) is 0 Å². The molecule has 96 heavy (non-hydrogen) atoms. The molecule has 0 aliphatic carbocycles. The molecule has 2 heteroatoms. The summed E-state index contributed by atoms with van der Waals surface area (Å²) in [7, 11) is 0. The lowest BCUT2D eigenvalue weighted by Crippen LogP contribution is -2.12. The van der Waals surface area contributed by atoms with Crippen molar-refractivity contribution < 1.29 is 0 Å². The van der Waals surface area contributed by atoms with Crippen molar-refractivity contribution >= 4 is 34.1 Å².